The van der Waals surface area contributed by atoms with Crippen molar-refractivity contribution in [3.05, 3.63) is 35.9 Å². The van der Waals surface area contributed by atoms with Crippen LogP contribution in [0.25, 0.3) is 0 Å². The van der Waals surface area contributed by atoms with Crippen molar-refractivity contribution in [3.63, 3.8) is 0 Å². The van der Waals surface area contributed by atoms with Crippen molar-refractivity contribution in [2.45, 2.75) is 44.2 Å². The summed E-state index contributed by atoms with van der Waals surface area (Å²) in [7, 11) is 0. The van der Waals surface area contributed by atoms with Crippen LogP contribution in [0.2, 0.25) is 0 Å². The Hall–Kier alpha value is -0.470. The summed E-state index contributed by atoms with van der Waals surface area (Å²) in [6, 6.07) is 10.8. The third kappa shape index (κ3) is 3.84. The van der Waals surface area contributed by atoms with Gasteiger partial charge in [0, 0.05) is 16.5 Å². The van der Waals surface area contributed by atoms with Crippen molar-refractivity contribution >= 4 is 11.8 Å². The smallest absolute Gasteiger partial charge is 0.0448 e. The Bertz CT molecular complexity index is 295. The van der Waals surface area contributed by atoms with Crippen molar-refractivity contribution < 1.29 is 0 Å². The lowest BCUT2D eigenvalue weighted by Gasteiger charge is -2.26. The molecule has 2 N–H and O–H groups in total. The molecule has 16 heavy (non-hydrogen) atoms. The van der Waals surface area contributed by atoms with Crippen LogP contribution in [0.5, 0.6) is 0 Å². The summed E-state index contributed by atoms with van der Waals surface area (Å²) in [5.74, 6) is 0.690. The van der Waals surface area contributed by atoms with Gasteiger partial charge in [0.1, 0.15) is 0 Å². The molecule has 3 unspecified atom stereocenters. The van der Waals surface area contributed by atoms with Gasteiger partial charge in [0.15, 0.2) is 0 Å². The molecular formula is C14H23NS. The molecule has 0 fully saturated rings. The molecule has 2 heteroatoms. The Kier molecular flexibility index (Phi) is 5.36. The van der Waals surface area contributed by atoms with E-state index in [-0.39, 0.29) is 6.04 Å². The second-order valence-electron chi connectivity index (χ2n) is 4.78. The Balaban J connectivity index is 2.77. The van der Waals surface area contributed by atoms with E-state index in [0.29, 0.717) is 16.4 Å². The summed E-state index contributed by atoms with van der Waals surface area (Å²) >= 11 is 1.99. The second kappa shape index (κ2) is 6.31. The SMILES string of the molecule is CC(C)C(C)SC(c1ccccc1)C(C)N. The summed E-state index contributed by atoms with van der Waals surface area (Å²) in [6.45, 7) is 8.91. The van der Waals surface area contributed by atoms with Crippen LogP contribution in [-0.2, 0) is 0 Å². The van der Waals surface area contributed by atoms with Gasteiger partial charge in [-0.05, 0) is 18.4 Å². The van der Waals surface area contributed by atoms with Crippen LogP contribution in [0.3, 0.4) is 0 Å². The molecule has 0 aliphatic carbocycles. The van der Waals surface area contributed by atoms with Crippen molar-refractivity contribution in [3.8, 4) is 0 Å². The molecule has 0 bridgehead atoms. The number of nitrogens with two attached hydrogens (primary N) is 1. The molecule has 0 radical (unpaired) electrons. The van der Waals surface area contributed by atoms with Gasteiger partial charge in [0.2, 0.25) is 0 Å². The lowest BCUT2D eigenvalue weighted by atomic mass is 10.1. The van der Waals surface area contributed by atoms with Crippen LogP contribution >= 0.6 is 11.8 Å². The summed E-state index contributed by atoms with van der Waals surface area (Å²) in [6.07, 6.45) is 0. The van der Waals surface area contributed by atoms with Crippen LogP contribution in [0, 0.1) is 5.92 Å². The maximum atomic E-state index is 6.10. The number of hydrogen-bond donors (Lipinski definition) is 1. The minimum Gasteiger partial charge on any atom is -0.327 e. The number of rotatable bonds is 5. The van der Waals surface area contributed by atoms with Gasteiger partial charge in [-0.2, -0.15) is 0 Å². The second-order valence-corrected chi connectivity index (χ2v) is 6.30. The largest absolute Gasteiger partial charge is 0.327 e. The van der Waals surface area contributed by atoms with Crippen LogP contribution in [-0.4, -0.2) is 11.3 Å². The van der Waals surface area contributed by atoms with Crippen LogP contribution < -0.4 is 5.73 Å². The fourth-order valence-corrected chi connectivity index (χ4v) is 2.88. The Morgan fingerprint density at radius 1 is 1.00 bits per heavy atom. The fraction of sp³-hybridized carbons (Fsp3) is 0.571. The van der Waals surface area contributed by atoms with Crippen molar-refractivity contribution in [1.29, 1.82) is 0 Å². The molecule has 0 saturated heterocycles. The highest BCUT2D eigenvalue weighted by atomic mass is 32.2. The zero-order valence-corrected chi connectivity index (χ0v) is 11.5. The number of hydrogen-bond acceptors (Lipinski definition) is 2. The molecule has 0 saturated carbocycles. The van der Waals surface area contributed by atoms with Gasteiger partial charge in [-0.3, -0.25) is 0 Å². The van der Waals surface area contributed by atoms with Gasteiger partial charge in [-0.15, -0.1) is 11.8 Å². The molecule has 3 atom stereocenters. The standard InChI is InChI=1S/C14H23NS/c1-10(2)12(4)16-14(11(3)15)13-8-6-5-7-9-13/h5-12,14H,15H2,1-4H3. The van der Waals surface area contributed by atoms with Gasteiger partial charge in [-0.1, -0.05) is 51.1 Å². The normalized spacial score (nSPS) is 17.1. The van der Waals surface area contributed by atoms with E-state index < -0.39 is 0 Å². The third-order valence-electron chi connectivity index (χ3n) is 2.91. The lowest BCUT2D eigenvalue weighted by Crippen LogP contribution is -2.25. The van der Waals surface area contributed by atoms with Crippen molar-refractivity contribution in [2.24, 2.45) is 11.7 Å². The van der Waals surface area contributed by atoms with Gasteiger partial charge >= 0.3 is 0 Å². The van der Waals surface area contributed by atoms with Crippen LogP contribution in [0.15, 0.2) is 30.3 Å². The molecule has 1 nitrogen and oxygen atoms in total. The summed E-state index contributed by atoms with van der Waals surface area (Å²) in [5.41, 5.74) is 7.44. The molecule has 0 aromatic heterocycles. The van der Waals surface area contributed by atoms with Crippen LogP contribution in [0.1, 0.15) is 38.5 Å². The lowest BCUT2D eigenvalue weighted by molar-refractivity contribution is 0.631. The highest BCUT2D eigenvalue weighted by molar-refractivity contribution is 8.00. The van der Waals surface area contributed by atoms with Crippen LogP contribution in [0.4, 0.5) is 0 Å². The molecule has 0 aliphatic rings. The Labute approximate surface area is 104 Å². The Morgan fingerprint density at radius 3 is 2.00 bits per heavy atom. The van der Waals surface area contributed by atoms with Gasteiger partial charge in [0.05, 0.1) is 0 Å². The molecule has 0 spiro atoms. The average molecular weight is 237 g/mol. The highest BCUT2D eigenvalue weighted by Crippen LogP contribution is 2.36. The number of benzene rings is 1. The fourth-order valence-electron chi connectivity index (χ4n) is 1.54. The van der Waals surface area contributed by atoms with E-state index in [0.717, 1.165) is 0 Å². The van der Waals surface area contributed by atoms with E-state index in [2.05, 4.69) is 58.0 Å². The highest BCUT2D eigenvalue weighted by Gasteiger charge is 2.20. The molecule has 90 valence electrons. The van der Waals surface area contributed by atoms with E-state index in [1.54, 1.807) is 0 Å². The van der Waals surface area contributed by atoms with Gasteiger partial charge in [-0.25, -0.2) is 0 Å². The van der Waals surface area contributed by atoms with E-state index in [4.69, 9.17) is 5.73 Å². The van der Waals surface area contributed by atoms with Crippen molar-refractivity contribution in [2.75, 3.05) is 0 Å². The predicted octanol–water partition coefficient (Wildman–Crippen LogP) is 3.85. The first-order chi connectivity index (χ1) is 7.52. The molecule has 1 rings (SSSR count). The first kappa shape index (κ1) is 13.6. The molecule has 0 heterocycles. The van der Waals surface area contributed by atoms with E-state index in [1.165, 1.54) is 5.56 Å². The van der Waals surface area contributed by atoms with E-state index >= 15 is 0 Å². The zero-order chi connectivity index (χ0) is 12.1. The molecule has 0 aliphatic heterocycles. The maximum Gasteiger partial charge on any atom is 0.0448 e. The molecule has 1 aromatic rings. The van der Waals surface area contributed by atoms with Gasteiger partial charge < -0.3 is 5.73 Å². The molecular weight excluding hydrogens is 214 g/mol. The van der Waals surface area contributed by atoms with Crippen molar-refractivity contribution in [1.82, 2.24) is 0 Å². The average Bonchev–Trinajstić information content (AvgIpc) is 2.26. The molecule has 0 amide bonds. The number of thioether (sulfide) groups is 1. The Morgan fingerprint density at radius 2 is 1.56 bits per heavy atom. The third-order valence-corrected chi connectivity index (χ3v) is 4.87. The predicted molar refractivity (Wildman–Crippen MR) is 74.7 cm³/mol. The first-order valence-electron chi connectivity index (χ1n) is 5.98. The van der Waals surface area contributed by atoms with E-state index in [9.17, 15) is 0 Å². The summed E-state index contributed by atoms with van der Waals surface area (Å²) in [5, 5.41) is 1.04. The van der Waals surface area contributed by atoms with E-state index in [1.807, 2.05) is 11.8 Å². The first-order valence-corrected chi connectivity index (χ1v) is 6.92. The minimum atomic E-state index is 0.189. The maximum absolute atomic E-state index is 6.10. The summed E-state index contributed by atoms with van der Waals surface area (Å²) in [4.78, 5) is 0. The topological polar surface area (TPSA) is 26.0 Å². The summed E-state index contributed by atoms with van der Waals surface area (Å²) < 4.78 is 0. The minimum absolute atomic E-state index is 0.189. The van der Waals surface area contributed by atoms with Gasteiger partial charge in [0.25, 0.3) is 0 Å². The zero-order valence-electron chi connectivity index (χ0n) is 10.7. The molecule has 1 aromatic carbocycles. The quantitative estimate of drug-likeness (QED) is 0.841. The monoisotopic (exact) mass is 237 g/mol.